The topological polar surface area (TPSA) is 104 Å². The van der Waals surface area contributed by atoms with Crippen LogP contribution < -0.4 is 10.4 Å². The molecule has 4 aliphatic rings. The maximum atomic E-state index is 11.2. The zero-order valence-corrected chi connectivity index (χ0v) is 18.7. The molecule has 4 rings (SSSR count). The van der Waals surface area contributed by atoms with Crippen LogP contribution in [0, 0.1) is 0 Å². The van der Waals surface area contributed by atoms with Gasteiger partial charge in [0.1, 0.15) is 41.6 Å². The molecule has 2 bridgehead atoms. The molecule has 0 spiro atoms. The highest BCUT2D eigenvalue weighted by Gasteiger charge is 2.49. The van der Waals surface area contributed by atoms with Crippen molar-refractivity contribution in [1.82, 2.24) is 19.5 Å². The zero-order valence-electron chi connectivity index (χ0n) is 17.3. The molecular weight excluding hydrogens is 378 g/mol. The van der Waals surface area contributed by atoms with Crippen LogP contribution in [0.5, 0.6) is 0 Å². The Bertz CT molecular complexity index is 831. The summed E-state index contributed by atoms with van der Waals surface area (Å²) < 4.78 is 20.4. The molecule has 2 N–H and O–H groups in total. The van der Waals surface area contributed by atoms with Gasteiger partial charge in [-0.25, -0.2) is 15.0 Å². The van der Waals surface area contributed by atoms with Crippen LogP contribution in [-0.4, -0.2) is 70.4 Å². The number of fused-ring (bicyclic) bond motifs is 4. The van der Waals surface area contributed by atoms with Crippen LogP contribution in [0.4, 0.5) is 5.82 Å². The van der Waals surface area contributed by atoms with Gasteiger partial charge in [0.05, 0.1) is 17.8 Å². The fourth-order valence-corrected chi connectivity index (χ4v) is 5.01. The molecule has 1 saturated heterocycles. The minimum absolute atomic E-state index is 0.310. The summed E-state index contributed by atoms with van der Waals surface area (Å²) in [5, 5.41) is 11.2. The predicted molar refractivity (Wildman–Crippen MR) is 106 cm³/mol. The van der Waals surface area contributed by atoms with Crippen molar-refractivity contribution in [2.24, 2.45) is 0 Å². The van der Waals surface area contributed by atoms with Gasteiger partial charge in [-0.15, -0.1) is 0 Å². The van der Waals surface area contributed by atoms with E-state index in [1.165, 1.54) is 6.33 Å². The van der Waals surface area contributed by atoms with Crippen molar-refractivity contribution >= 4 is 20.9 Å². The fraction of sp³-hybridized carbons (Fsp3) is 0.722. The zero-order chi connectivity index (χ0) is 20.3. The summed E-state index contributed by atoms with van der Waals surface area (Å²) in [6.07, 6.45) is -0.871. The average molecular weight is 408 g/mol. The SMILES string of the molecule is CC(C)(C)OC[C@H]1O[C@@H](n2c3nc4ncnc-4c2N[SiH2]3)[C@@H](O)[C@@H]1OC(C)(C)C. The molecule has 4 aliphatic heterocycles. The molecule has 28 heavy (non-hydrogen) atoms. The van der Waals surface area contributed by atoms with E-state index in [4.69, 9.17) is 14.2 Å². The number of nitrogens with one attached hydrogen (secondary N) is 1. The Balaban J connectivity index is 1.66. The van der Waals surface area contributed by atoms with Crippen molar-refractivity contribution in [2.75, 3.05) is 11.6 Å². The second-order valence-electron chi connectivity index (χ2n) is 9.32. The molecule has 4 heterocycles. The first-order valence-electron chi connectivity index (χ1n) is 9.64. The van der Waals surface area contributed by atoms with Gasteiger partial charge in [0.15, 0.2) is 21.7 Å². The van der Waals surface area contributed by atoms with Gasteiger partial charge in [-0.2, -0.15) is 0 Å². The molecule has 0 aromatic rings. The first-order valence-corrected chi connectivity index (χ1v) is 11.1. The van der Waals surface area contributed by atoms with E-state index in [9.17, 15) is 5.11 Å². The van der Waals surface area contributed by atoms with Crippen LogP contribution in [-0.2, 0) is 14.2 Å². The number of aliphatic hydroxyl groups excluding tert-OH is 1. The van der Waals surface area contributed by atoms with Crippen LogP contribution in [0.1, 0.15) is 47.8 Å². The summed E-state index contributed by atoms with van der Waals surface area (Å²) in [5.74, 6) is 1.45. The lowest BCUT2D eigenvalue weighted by Gasteiger charge is -2.30. The second kappa shape index (κ2) is 6.73. The highest BCUT2D eigenvalue weighted by Crippen LogP contribution is 2.38. The van der Waals surface area contributed by atoms with Crippen LogP contribution in [0.15, 0.2) is 6.33 Å². The molecular formula is C18H29N5O4Si. The smallest absolute Gasteiger partial charge is 0.198 e. The maximum Gasteiger partial charge on any atom is 0.198 e. The van der Waals surface area contributed by atoms with Crippen molar-refractivity contribution in [3.8, 4) is 11.5 Å². The fourth-order valence-electron chi connectivity index (χ4n) is 3.61. The van der Waals surface area contributed by atoms with Gasteiger partial charge in [-0.1, -0.05) is 0 Å². The van der Waals surface area contributed by atoms with Crippen molar-refractivity contribution in [3.05, 3.63) is 6.33 Å². The summed E-state index contributed by atoms with van der Waals surface area (Å²) in [6.45, 7) is 12.2. The standard InChI is InChI=1S/C18H29N5O4Si/c1-17(2,3)25-7-9-12(27-18(4,5)6)11(24)15(26-9)23-14-10-13(20-8-19-10)21-16(23)28-22-14/h8-9,11-12,15,22,24H,7,28H2,1-6H3/t9-,11+,12-,15-/m1/s1. The number of anilines is 1. The Morgan fingerprint density at radius 2 is 1.96 bits per heavy atom. The maximum absolute atomic E-state index is 11.2. The molecule has 0 aliphatic carbocycles. The summed E-state index contributed by atoms with van der Waals surface area (Å²) >= 11 is 0. The highest BCUT2D eigenvalue weighted by atomic mass is 28.2. The summed E-state index contributed by atoms with van der Waals surface area (Å²) in [6, 6.07) is 0. The van der Waals surface area contributed by atoms with Crippen molar-refractivity contribution in [2.45, 2.75) is 77.3 Å². The molecule has 154 valence electrons. The lowest BCUT2D eigenvalue weighted by Crippen LogP contribution is -2.43. The quantitative estimate of drug-likeness (QED) is 0.692. The van der Waals surface area contributed by atoms with Crippen LogP contribution in [0.25, 0.3) is 11.5 Å². The first-order chi connectivity index (χ1) is 13.0. The minimum atomic E-state index is -0.855. The third-order valence-corrected chi connectivity index (χ3v) is 6.03. The van der Waals surface area contributed by atoms with E-state index < -0.39 is 39.8 Å². The number of hydrogen-bond donors (Lipinski definition) is 2. The molecule has 0 amide bonds. The van der Waals surface area contributed by atoms with E-state index >= 15 is 0 Å². The van der Waals surface area contributed by atoms with Crippen molar-refractivity contribution < 1.29 is 19.3 Å². The van der Waals surface area contributed by atoms with Gasteiger partial charge in [0, 0.05) is 0 Å². The third-order valence-electron chi connectivity index (χ3n) is 4.70. The Morgan fingerprint density at radius 3 is 2.64 bits per heavy atom. The lowest BCUT2D eigenvalue weighted by atomic mass is 10.1. The summed E-state index contributed by atoms with van der Waals surface area (Å²) in [5.41, 5.74) is 0.856. The third kappa shape index (κ3) is 3.66. The molecule has 0 radical (unpaired) electrons. The number of ether oxygens (including phenoxy) is 3. The molecule has 10 heteroatoms. The van der Waals surface area contributed by atoms with Crippen molar-refractivity contribution in [3.63, 3.8) is 0 Å². The monoisotopic (exact) mass is 407 g/mol. The lowest BCUT2D eigenvalue weighted by molar-refractivity contribution is -0.138. The predicted octanol–water partition coefficient (Wildman–Crippen LogP) is 0.170. The molecule has 0 saturated carbocycles. The van der Waals surface area contributed by atoms with Crippen LogP contribution in [0.3, 0.4) is 0 Å². The molecule has 4 atom stereocenters. The Kier molecular flexibility index (Phi) is 4.74. The van der Waals surface area contributed by atoms with Crippen molar-refractivity contribution in [1.29, 1.82) is 0 Å². The first kappa shape index (κ1) is 19.7. The van der Waals surface area contributed by atoms with Gasteiger partial charge in [-0.3, -0.25) is 4.57 Å². The highest BCUT2D eigenvalue weighted by molar-refractivity contribution is 6.57. The van der Waals surface area contributed by atoms with E-state index in [1.807, 2.05) is 46.1 Å². The molecule has 1 fully saturated rings. The second-order valence-corrected chi connectivity index (χ2v) is 10.7. The van der Waals surface area contributed by atoms with Gasteiger partial charge >= 0.3 is 0 Å². The van der Waals surface area contributed by atoms with Crippen LogP contribution in [0.2, 0.25) is 0 Å². The van der Waals surface area contributed by atoms with E-state index in [0.717, 1.165) is 11.3 Å². The number of rotatable bonds is 4. The largest absolute Gasteiger partial charge is 0.393 e. The average Bonchev–Trinajstić information content (AvgIpc) is 3.23. The Morgan fingerprint density at radius 1 is 1.21 bits per heavy atom. The van der Waals surface area contributed by atoms with E-state index in [0.29, 0.717) is 18.1 Å². The number of aromatic nitrogens is 4. The van der Waals surface area contributed by atoms with E-state index in [2.05, 4.69) is 19.9 Å². The Labute approximate surface area is 167 Å². The van der Waals surface area contributed by atoms with Crippen LogP contribution >= 0.6 is 0 Å². The molecule has 0 aromatic heterocycles. The number of aliphatic hydroxyl groups is 1. The molecule has 0 unspecified atom stereocenters. The molecule has 9 nitrogen and oxygen atoms in total. The van der Waals surface area contributed by atoms with Gasteiger partial charge in [0.2, 0.25) is 0 Å². The van der Waals surface area contributed by atoms with Gasteiger partial charge in [0.25, 0.3) is 0 Å². The normalized spacial score (nSPS) is 28.4. The molecule has 0 aromatic carbocycles. The number of nitrogens with zero attached hydrogens (tertiary/aromatic N) is 4. The minimum Gasteiger partial charge on any atom is -0.393 e. The van der Waals surface area contributed by atoms with E-state index in [1.54, 1.807) is 0 Å². The van der Waals surface area contributed by atoms with Gasteiger partial charge < -0.3 is 24.3 Å². The van der Waals surface area contributed by atoms with Gasteiger partial charge in [-0.05, 0) is 41.5 Å². The number of imidazole rings is 1. The number of hydrogen-bond acceptors (Lipinski definition) is 8. The summed E-state index contributed by atoms with van der Waals surface area (Å²) in [7, 11) is -0.822. The summed E-state index contributed by atoms with van der Waals surface area (Å²) in [4.78, 5) is 16.6. The van der Waals surface area contributed by atoms with E-state index in [-0.39, 0.29) is 5.60 Å². The Hall–Kier alpha value is -1.59.